The summed E-state index contributed by atoms with van der Waals surface area (Å²) in [5.74, 6) is 0.382. The van der Waals surface area contributed by atoms with Gasteiger partial charge in [-0.05, 0) is 62.1 Å². The molecule has 0 spiro atoms. The first-order valence-corrected chi connectivity index (χ1v) is 12.0. The molecule has 8 heteroatoms. The second-order valence-electron chi connectivity index (χ2n) is 7.25. The standard InChI is InChI=1S/C22H29ClN2O4S/c1-6-20(25(30(5,27)28)18-11-10-16(3)19(23)14-18)22(26)24-12-13-29-21-9-7-8-15(2)17(21)4/h7-11,14,20H,6,12-13H2,1-5H3,(H,24,26)/t20-/m1/s1. The molecule has 0 unspecified atom stereocenters. The zero-order valence-corrected chi connectivity index (χ0v) is 19.6. The normalized spacial score (nSPS) is 12.3. The number of carbonyl (C=O) groups is 1. The Hall–Kier alpha value is -2.25. The molecule has 6 nitrogen and oxygen atoms in total. The van der Waals surface area contributed by atoms with E-state index in [0.29, 0.717) is 17.1 Å². The van der Waals surface area contributed by atoms with Gasteiger partial charge >= 0.3 is 0 Å². The van der Waals surface area contributed by atoms with E-state index < -0.39 is 16.1 Å². The molecule has 0 aliphatic carbocycles. The largest absolute Gasteiger partial charge is 0.491 e. The molecule has 0 aromatic heterocycles. The van der Waals surface area contributed by atoms with Crippen LogP contribution in [0.3, 0.4) is 0 Å². The summed E-state index contributed by atoms with van der Waals surface area (Å²) in [4.78, 5) is 12.8. The number of nitrogens with zero attached hydrogens (tertiary/aromatic N) is 1. The van der Waals surface area contributed by atoms with E-state index >= 15 is 0 Å². The van der Waals surface area contributed by atoms with Crippen molar-refractivity contribution >= 4 is 33.2 Å². The van der Waals surface area contributed by atoms with E-state index in [1.54, 1.807) is 25.1 Å². The second-order valence-corrected chi connectivity index (χ2v) is 9.52. The molecule has 0 heterocycles. The third kappa shape index (κ3) is 5.89. The quantitative estimate of drug-likeness (QED) is 0.583. The Morgan fingerprint density at radius 2 is 1.87 bits per heavy atom. The third-order valence-corrected chi connectivity index (χ3v) is 6.54. The molecule has 0 radical (unpaired) electrons. The summed E-state index contributed by atoms with van der Waals surface area (Å²) in [6, 6.07) is 9.87. The second kappa shape index (κ2) is 10.2. The summed E-state index contributed by atoms with van der Waals surface area (Å²) in [7, 11) is -3.71. The monoisotopic (exact) mass is 452 g/mol. The molecule has 2 rings (SSSR count). The number of sulfonamides is 1. The van der Waals surface area contributed by atoms with Crippen LogP contribution in [0.15, 0.2) is 36.4 Å². The van der Waals surface area contributed by atoms with Gasteiger partial charge in [0.05, 0.1) is 18.5 Å². The van der Waals surface area contributed by atoms with Gasteiger partial charge < -0.3 is 10.1 Å². The van der Waals surface area contributed by atoms with Crippen LogP contribution in [0.5, 0.6) is 5.75 Å². The maximum Gasteiger partial charge on any atom is 0.244 e. The first-order valence-electron chi connectivity index (χ1n) is 9.78. The van der Waals surface area contributed by atoms with E-state index in [1.165, 1.54) is 0 Å². The highest BCUT2D eigenvalue weighted by Crippen LogP contribution is 2.27. The van der Waals surface area contributed by atoms with Crippen molar-refractivity contribution in [2.24, 2.45) is 0 Å². The van der Waals surface area contributed by atoms with Gasteiger partial charge in [-0.1, -0.05) is 36.7 Å². The summed E-state index contributed by atoms with van der Waals surface area (Å²) in [5, 5.41) is 3.23. The number of amides is 1. The number of nitrogens with one attached hydrogen (secondary N) is 1. The van der Waals surface area contributed by atoms with Crippen molar-refractivity contribution in [2.75, 3.05) is 23.7 Å². The molecular weight excluding hydrogens is 424 g/mol. The SMILES string of the molecule is CC[C@H](C(=O)NCCOc1cccc(C)c1C)N(c1ccc(C)c(Cl)c1)S(C)(=O)=O. The predicted octanol–water partition coefficient (Wildman–Crippen LogP) is 4.01. The van der Waals surface area contributed by atoms with E-state index in [4.69, 9.17) is 16.3 Å². The van der Waals surface area contributed by atoms with Crippen LogP contribution in [-0.2, 0) is 14.8 Å². The number of carbonyl (C=O) groups excluding carboxylic acids is 1. The van der Waals surface area contributed by atoms with Crippen LogP contribution >= 0.6 is 11.6 Å². The molecule has 1 N–H and O–H groups in total. The summed E-state index contributed by atoms with van der Waals surface area (Å²) in [6.45, 7) is 8.12. The van der Waals surface area contributed by atoms with Gasteiger partial charge in [0, 0.05) is 5.02 Å². The van der Waals surface area contributed by atoms with Crippen LogP contribution in [0.25, 0.3) is 0 Å². The molecule has 0 aliphatic heterocycles. The highest BCUT2D eigenvalue weighted by molar-refractivity contribution is 7.92. The van der Waals surface area contributed by atoms with Crippen molar-refractivity contribution in [1.82, 2.24) is 5.32 Å². The van der Waals surface area contributed by atoms with Crippen molar-refractivity contribution in [3.05, 3.63) is 58.1 Å². The van der Waals surface area contributed by atoms with Gasteiger partial charge in [0.1, 0.15) is 18.4 Å². The Kier molecular flexibility index (Phi) is 8.15. The van der Waals surface area contributed by atoms with Crippen LogP contribution in [0, 0.1) is 20.8 Å². The first kappa shape index (κ1) is 24.0. The fraction of sp³-hybridized carbons (Fsp3) is 0.409. The summed E-state index contributed by atoms with van der Waals surface area (Å²) in [5.41, 5.74) is 3.37. The van der Waals surface area contributed by atoms with Crippen molar-refractivity contribution in [1.29, 1.82) is 0 Å². The summed E-state index contributed by atoms with van der Waals surface area (Å²) in [6.07, 6.45) is 1.39. The zero-order chi connectivity index (χ0) is 22.5. The molecular formula is C22H29ClN2O4S. The number of ether oxygens (including phenoxy) is 1. The minimum atomic E-state index is -3.71. The van der Waals surface area contributed by atoms with E-state index in [2.05, 4.69) is 5.32 Å². The van der Waals surface area contributed by atoms with Gasteiger partial charge in [-0.3, -0.25) is 9.10 Å². The number of aryl methyl sites for hydroxylation is 2. The van der Waals surface area contributed by atoms with Crippen molar-refractivity contribution < 1.29 is 17.9 Å². The zero-order valence-electron chi connectivity index (χ0n) is 18.0. The number of anilines is 1. The lowest BCUT2D eigenvalue weighted by molar-refractivity contribution is -0.122. The number of halogens is 1. The molecule has 164 valence electrons. The average molecular weight is 453 g/mol. The number of hydrogen-bond donors (Lipinski definition) is 1. The van der Waals surface area contributed by atoms with Crippen molar-refractivity contribution in [2.45, 2.75) is 40.2 Å². The van der Waals surface area contributed by atoms with Crippen LogP contribution < -0.4 is 14.4 Å². The molecule has 0 saturated heterocycles. The highest BCUT2D eigenvalue weighted by Gasteiger charge is 2.31. The Balaban J connectivity index is 2.10. The van der Waals surface area contributed by atoms with Crippen molar-refractivity contribution in [3.63, 3.8) is 0 Å². The van der Waals surface area contributed by atoms with Gasteiger partial charge in [0.25, 0.3) is 0 Å². The number of rotatable bonds is 9. The van der Waals surface area contributed by atoms with E-state index in [1.807, 2.05) is 39.0 Å². The minimum Gasteiger partial charge on any atom is -0.491 e. The molecule has 1 amide bonds. The highest BCUT2D eigenvalue weighted by atomic mass is 35.5. The van der Waals surface area contributed by atoms with Crippen molar-refractivity contribution in [3.8, 4) is 5.75 Å². The van der Waals surface area contributed by atoms with Crippen LogP contribution in [0.4, 0.5) is 5.69 Å². The van der Waals surface area contributed by atoms with Gasteiger partial charge in [-0.25, -0.2) is 8.42 Å². The topological polar surface area (TPSA) is 75.7 Å². The van der Waals surface area contributed by atoms with Crippen LogP contribution in [-0.4, -0.2) is 39.8 Å². The lowest BCUT2D eigenvalue weighted by atomic mass is 10.1. The smallest absolute Gasteiger partial charge is 0.244 e. The van der Waals surface area contributed by atoms with E-state index in [-0.39, 0.29) is 19.1 Å². The molecule has 0 bridgehead atoms. The van der Waals surface area contributed by atoms with Crippen LogP contribution in [0.1, 0.15) is 30.0 Å². The molecule has 2 aromatic carbocycles. The van der Waals surface area contributed by atoms with Crippen LogP contribution in [0.2, 0.25) is 5.02 Å². The molecule has 30 heavy (non-hydrogen) atoms. The minimum absolute atomic E-state index is 0.259. The van der Waals surface area contributed by atoms with Gasteiger partial charge in [-0.2, -0.15) is 0 Å². The van der Waals surface area contributed by atoms with Gasteiger partial charge in [0.15, 0.2) is 0 Å². The Morgan fingerprint density at radius 1 is 1.17 bits per heavy atom. The fourth-order valence-electron chi connectivity index (χ4n) is 3.11. The Labute approximate surface area is 184 Å². The summed E-state index contributed by atoms with van der Waals surface area (Å²) >= 11 is 6.18. The number of hydrogen-bond acceptors (Lipinski definition) is 4. The average Bonchev–Trinajstić information content (AvgIpc) is 2.67. The third-order valence-electron chi connectivity index (χ3n) is 4.95. The van der Waals surface area contributed by atoms with E-state index in [9.17, 15) is 13.2 Å². The van der Waals surface area contributed by atoms with Gasteiger partial charge in [0.2, 0.25) is 15.9 Å². The lowest BCUT2D eigenvalue weighted by Gasteiger charge is -2.30. The maximum absolute atomic E-state index is 12.8. The molecule has 2 aromatic rings. The van der Waals surface area contributed by atoms with Gasteiger partial charge in [-0.15, -0.1) is 0 Å². The number of benzene rings is 2. The molecule has 0 saturated carbocycles. The summed E-state index contributed by atoms with van der Waals surface area (Å²) < 4.78 is 31.9. The predicted molar refractivity (Wildman–Crippen MR) is 122 cm³/mol. The molecule has 0 fully saturated rings. The van der Waals surface area contributed by atoms with E-state index in [0.717, 1.165) is 33.0 Å². The maximum atomic E-state index is 12.8. The lowest BCUT2D eigenvalue weighted by Crippen LogP contribution is -2.50. The molecule has 0 aliphatic rings. The molecule has 1 atom stereocenters. The Morgan fingerprint density at radius 3 is 2.47 bits per heavy atom. The first-order chi connectivity index (χ1) is 14.1. The Bertz CT molecular complexity index is 1010. The fourth-order valence-corrected chi connectivity index (χ4v) is 4.49.